The van der Waals surface area contributed by atoms with Crippen molar-refractivity contribution in [2.75, 3.05) is 6.54 Å². The second kappa shape index (κ2) is 5.54. The highest BCUT2D eigenvalue weighted by atomic mass is 32.1. The Hall–Kier alpha value is -0.750. The number of thiazole rings is 1. The van der Waals surface area contributed by atoms with E-state index in [1.807, 2.05) is 12.3 Å². The molecule has 0 aliphatic rings. The molecule has 86 valence electrons. The van der Waals surface area contributed by atoms with Gasteiger partial charge in [0.2, 0.25) is 0 Å². The van der Waals surface area contributed by atoms with Gasteiger partial charge in [-0.25, -0.2) is 4.98 Å². The summed E-state index contributed by atoms with van der Waals surface area (Å²) >= 11 is 3.40. The van der Waals surface area contributed by atoms with Gasteiger partial charge in [0.25, 0.3) is 0 Å². The summed E-state index contributed by atoms with van der Waals surface area (Å²) in [6.45, 7) is 3.16. The number of hydrogen-bond donors (Lipinski definition) is 2. The second-order valence-corrected chi connectivity index (χ2v) is 5.65. The zero-order valence-electron chi connectivity index (χ0n) is 9.01. The fourth-order valence-corrected chi connectivity index (χ4v) is 2.99. The molecule has 0 aliphatic heterocycles. The maximum absolute atomic E-state index is 9.11. The maximum atomic E-state index is 9.11. The molecule has 0 saturated carbocycles. The number of aromatic nitrogens is 1. The molecular weight excluding hydrogens is 240 g/mol. The molecule has 2 aromatic heterocycles. The summed E-state index contributed by atoms with van der Waals surface area (Å²) < 4.78 is 0. The first-order valence-corrected chi connectivity index (χ1v) is 6.82. The van der Waals surface area contributed by atoms with Gasteiger partial charge in [-0.2, -0.15) is 0 Å². The summed E-state index contributed by atoms with van der Waals surface area (Å²) in [5, 5.41) is 15.4. The summed E-state index contributed by atoms with van der Waals surface area (Å²) in [5.41, 5.74) is 0. The number of nitrogens with zero attached hydrogens (tertiary/aromatic N) is 1. The third kappa shape index (κ3) is 3.12. The van der Waals surface area contributed by atoms with E-state index >= 15 is 0 Å². The molecule has 0 radical (unpaired) electrons. The summed E-state index contributed by atoms with van der Waals surface area (Å²) in [6.07, 6.45) is 1.60. The summed E-state index contributed by atoms with van der Waals surface area (Å²) in [4.78, 5) is 6.80. The van der Waals surface area contributed by atoms with E-state index < -0.39 is 0 Å². The highest BCUT2D eigenvalue weighted by molar-refractivity contribution is 7.20. The molecule has 5 heteroatoms. The van der Waals surface area contributed by atoms with Crippen LogP contribution in [0.5, 0.6) is 0 Å². The summed E-state index contributed by atoms with van der Waals surface area (Å²) in [7, 11) is 0. The van der Waals surface area contributed by atoms with Gasteiger partial charge in [0, 0.05) is 24.2 Å². The van der Waals surface area contributed by atoms with Crippen molar-refractivity contribution in [3.8, 4) is 9.88 Å². The Morgan fingerprint density at radius 2 is 2.44 bits per heavy atom. The van der Waals surface area contributed by atoms with Crippen LogP contribution in [0.3, 0.4) is 0 Å². The van der Waals surface area contributed by atoms with Crippen LogP contribution >= 0.6 is 22.7 Å². The first kappa shape index (κ1) is 11.7. The van der Waals surface area contributed by atoms with E-state index in [2.05, 4.69) is 21.7 Å². The SMILES string of the molecule is C[C@H](O)CNCc1cnc(-c2cccs2)s1. The van der Waals surface area contributed by atoms with Crippen molar-refractivity contribution in [3.63, 3.8) is 0 Å². The molecule has 0 saturated heterocycles. The highest BCUT2D eigenvalue weighted by Gasteiger charge is 2.05. The molecule has 0 bridgehead atoms. The maximum Gasteiger partial charge on any atom is 0.133 e. The predicted octanol–water partition coefficient (Wildman–Crippen LogP) is 2.34. The lowest BCUT2D eigenvalue weighted by molar-refractivity contribution is 0.191. The first-order chi connectivity index (χ1) is 7.75. The van der Waals surface area contributed by atoms with Crippen molar-refractivity contribution in [2.45, 2.75) is 19.6 Å². The Balaban J connectivity index is 1.93. The van der Waals surface area contributed by atoms with Crippen molar-refractivity contribution in [3.05, 3.63) is 28.6 Å². The molecule has 2 heterocycles. The van der Waals surface area contributed by atoms with Gasteiger partial charge >= 0.3 is 0 Å². The average molecular weight is 254 g/mol. The third-order valence-corrected chi connectivity index (χ3v) is 4.06. The van der Waals surface area contributed by atoms with Crippen molar-refractivity contribution < 1.29 is 5.11 Å². The molecule has 0 spiro atoms. The van der Waals surface area contributed by atoms with Gasteiger partial charge < -0.3 is 10.4 Å². The van der Waals surface area contributed by atoms with Crippen LogP contribution in [0, 0.1) is 0 Å². The van der Waals surface area contributed by atoms with Crippen LogP contribution in [0.15, 0.2) is 23.7 Å². The van der Waals surface area contributed by atoms with Gasteiger partial charge in [-0.1, -0.05) is 6.07 Å². The highest BCUT2D eigenvalue weighted by Crippen LogP contribution is 2.28. The van der Waals surface area contributed by atoms with Gasteiger partial charge in [0.15, 0.2) is 0 Å². The van der Waals surface area contributed by atoms with E-state index in [-0.39, 0.29) is 6.10 Å². The summed E-state index contributed by atoms with van der Waals surface area (Å²) in [5.74, 6) is 0. The second-order valence-electron chi connectivity index (χ2n) is 3.59. The van der Waals surface area contributed by atoms with E-state index in [1.54, 1.807) is 29.6 Å². The van der Waals surface area contributed by atoms with Crippen molar-refractivity contribution >= 4 is 22.7 Å². The minimum Gasteiger partial charge on any atom is -0.392 e. The Kier molecular flexibility index (Phi) is 4.06. The van der Waals surface area contributed by atoms with Crippen LogP contribution < -0.4 is 5.32 Å². The van der Waals surface area contributed by atoms with Crippen molar-refractivity contribution in [1.82, 2.24) is 10.3 Å². The lowest BCUT2D eigenvalue weighted by Gasteiger charge is -2.04. The van der Waals surface area contributed by atoms with Crippen molar-refractivity contribution in [1.29, 1.82) is 0 Å². The monoisotopic (exact) mass is 254 g/mol. The topological polar surface area (TPSA) is 45.1 Å². The molecule has 16 heavy (non-hydrogen) atoms. The molecule has 2 rings (SSSR count). The number of thiophene rings is 1. The minimum absolute atomic E-state index is 0.301. The van der Waals surface area contributed by atoms with Crippen LogP contribution in [0.4, 0.5) is 0 Å². The molecule has 0 unspecified atom stereocenters. The standard InChI is InChI=1S/C11H14N2OS2/c1-8(14)5-12-6-9-7-13-11(16-9)10-3-2-4-15-10/h2-4,7-8,12,14H,5-6H2,1H3/t8-/m0/s1. The number of aliphatic hydroxyl groups excluding tert-OH is 1. The third-order valence-electron chi connectivity index (χ3n) is 2.02. The zero-order chi connectivity index (χ0) is 11.4. The smallest absolute Gasteiger partial charge is 0.133 e. The Labute approximate surface area is 103 Å². The largest absolute Gasteiger partial charge is 0.392 e. The van der Waals surface area contributed by atoms with Gasteiger partial charge in [-0.05, 0) is 18.4 Å². The molecule has 1 atom stereocenters. The van der Waals surface area contributed by atoms with Gasteiger partial charge in [-0.3, -0.25) is 0 Å². The van der Waals surface area contributed by atoms with E-state index in [0.717, 1.165) is 11.6 Å². The van der Waals surface area contributed by atoms with E-state index in [4.69, 9.17) is 5.11 Å². The Bertz CT molecular complexity index is 423. The fourth-order valence-electron chi connectivity index (χ4n) is 1.31. The molecule has 0 fully saturated rings. The molecule has 0 aliphatic carbocycles. The Morgan fingerprint density at radius 3 is 3.12 bits per heavy atom. The number of aliphatic hydroxyl groups is 1. The van der Waals surface area contributed by atoms with Crippen LogP contribution in [0.2, 0.25) is 0 Å². The molecule has 2 aromatic rings. The van der Waals surface area contributed by atoms with Crippen LogP contribution in [0.1, 0.15) is 11.8 Å². The Morgan fingerprint density at radius 1 is 1.56 bits per heavy atom. The molecule has 0 amide bonds. The molecule has 3 nitrogen and oxygen atoms in total. The fraction of sp³-hybridized carbons (Fsp3) is 0.364. The molecular formula is C11H14N2OS2. The van der Waals surface area contributed by atoms with Crippen LogP contribution in [0.25, 0.3) is 9.88 Å². The summed E-state index contributed by atoms with van der Waals surface area (Å²) in [6, 6.07) is 4.11. The first-order valence-electron chi connectivity index (χ1n) is 5.13. The van der Waals surface area contributed by atoms with E-state index in [1.165, 1.54) is 9.75 Å². The quantitative estimate of drug-likeness (QED) is 0.861. The minimum atomic E-state index is -0.301. The van der Waals surface area contributed by atoms with E-state index in [0.29, 0.717) is 6.54 Å². The van der Waals surface area contributed by atoms with E-state index in [9.17, 15) is 0 Å². The lowest BCUT2D eigenvalue weighted by atomic mass is 10.4. The predicted molar refractivity (Wildman–Crippen MR) is 68.8 cm³/mol. The van der Waals surface area contributed by atoms with Gasteiger partial charge in [0.1, 0.15) is 5.01 Å². The van der Waals surface area contributed by atoms with Crippen LogP contribution in [-0.2, 0) is 6.54 Å². The van der Waals surface area contributed by atoms with Crippen LogP contribution in [-0.4, -0.2) is 22.7 Å². The lowest BCUT2D eigenvalue weighted by Crippen LogP contribution is -2.23. The average Bonchev–Trinajstić information content (AvgIpc) is 2.85. The number of hydrogen-bond acceptors (Lipinski definition) is 5. The van der Waals surface area contributed by atoms with Gasteiger partial charge in [0.05, 0.1) is 11.0 Å². The number of rotatable bonds is 5. The molecule has 0 aromatic carbocycles. The normalized spacial score (nSPS) is 12.9. The number of nitrogens with one attached hydrogen (secondary N) is 1. The van der Waals surface area contributed by atoms with Gasteiger partial charge in [-0.15, -0.1) is 22.7 Å². The zero-order valence-corrected chi connectivity index (χ0v) is 10.6. The molecule has 2 N–H and O–H groups in total. The van der Waals surface area contributed by atoms with Crippen molar-refractivity contribution in [2.24, 2.45) is 0 Å².